The number of fused-ring (bicyclic) bond motifs is 1. The molecule has 0 unspecified atom stereocenters. The average Bonchev–Trinajstić information content (AvgIpc) is 2.48. The van der Waals surface area contributed by atoms with Crippen molar-refractivity contribution in [1.29, 1.82) is 0 Å². The lowest BCUT2D eigenvalue weighted by atomic mass is 9.99. The molecule has 0 saturated heterocycles. The quantitative estimate of drug-likeness (QED) is 0.612. The van der Waals surface area contributed by atoms with Gasteiger partial charge in [-0.15, -0.1) is 0 Å². The van der Waals surface area contributed by atoms with Crippen molar-refractivity contribution in [3.05, 3.63) is 36.2 Å². The summed E-state index contributed by atoms with van der Waals surface area (Å²) in [7, 11) is 0. The summed E-state index contributed by atoms with van der Waals surface area (Å²) >= 11 is 0. The van der Waals surface area contributed by atoms with E-state index in [1.807, 2.05) is 0 Å². The molecule has 1 nitrogen and oxygen atoms in total. The molecule has 0 aliphatic heterocycles. The van der Waals surface area contributed by atoms with E-state index in [4.69, 9.17) is 0 Å². The summed E-state index contributed by atoms with van der Waals surface area (Å²) in [6, 6.07) is 2.69. The van der Waals surface area contributed by atoms with Gasteiger partial charge in [-0.2, -0.15) is 0 Å². The van der Waals surface area contributed by atoms with E-state index in [1.54, 1.807) is 0 Å². The highest BCUT2D eigenvalue weighted by atomic mass is 15.0. The molecule has 0 radical (unpaired) electrons. The summed E-state index contributed by atoms with van der Waals surface area (Å²) < 4.78 is 2.29. The maximum Gasteiger partial charge on any atom is 0.0482 e. The maximum atomic E-state index is 4.06. The first kappa shape index (κ1) is 8.36. The molecule has 13 heavy (non-hydrogen) atoms. The Morgan fingerprint density at radius 1 is 1.46 bits per heavy atom. The Labute approximate surface area is 79.4 Å². The summed E-state index contributed by atoms with van der Waals surface area (Å²) in [4.78, 5) is 0. The lowest BCUT2D eigenvalue weighted by molar-refractivity contribution is 0.598. The van der Waals surface area contributed by atoms with Gasteiger partial charge in [-0.3, -0.25) is 0 Å². The van der Waals surface area contributed by atoms with Crippen LogP contribution >= 0.6 is 0 Å². The average molecular weight is 173 g/mol. The number of hydrogen-bond donors (Lipinski definition) is 0. The largest absolute Gasteiger partial charge is 0.345 e. The number of allylic oxidation sites excluding steroid dienone is 2. The lowest BCUT2D eigenvalue weighted by Crippen LogP contribution is -2.03. The van der Waals surface area contributed by atoms with Gasteiger partial charge < -0.3 is 4.57 Å². The Balaban J connectivity index is 2.55. The summed E-state index contributed by atoms with van der Waals surface area (Å²) in [6.45, 7) is 8.46. The van der Waals surface area contributed by atoms with Crippen molar-refractivity contribution in [3.63, 3.8) is 0 Å². The Hall–Kier alpha value is -1.24. The van der Waals surface area contributed by atoms with Crippen LogP contribution in [0.15, 0.2) is 24.9 Å². The predicted octanol–water partition coefficient (Wildman–Crippen LogP) is 3.50. The molecule has 0 fully saturated rings. The smallest absolute Gasteiger partial charge is 0.0482 e. The molecule has 0 bridgehead atoms. The van der Waals surface area contributed by atoms with Crippen LogP contribution in [0, 0.1) is 0 Å². The van der Waals surface area contributed by atoms with Gasteiger partial charge in [-0.1, -0.05) is 12.7 Å². The first-order chi connectivity index (χ1) is 6.20. The van der Waals surface area contributed by atoms with Crippen molar-refractivity contribution in [2.45, 2.75) is 26.3 Å². The molecule has 0 spiro atoms. The van der Waals surface area contributed by atoms with E-state index in [0.29, 0.717) is 6.04 Å². The van der Waals surface area contributed by atoms with Crippen molar-refractivity contribution in [3.8, 4) is 0 Å². The monoisotopic (exact) mass is 173 g/mol. The summed E-state index contributed by atoms with van der Waals surface area (Å²) in [5, 5.41) is 0. The van der Waals surface area contributed by atoms with Crippen molar-refractivity contribution in [1.82, 2.24) is 4.57 Å². The molecule has 1 aromatic heterocycles. The van der Waals surface area contributed by atoms with Gasteiger partial charge in [0.25, 0.3) is 0 Å². The minimum atomic E-state index is 0.527. The van der Waals surface area contributed by atoms with E-state index < -0.39 is 0 Å². The Morgan fingerprint density at radius 2 is 2.23 bits per heavy atom. The first-order valence-corrected chi connectivity index (χ1v) is 4.75. The van der Waals surface area contributed by atoms with Gasteiger partial charge in [-0.25, -0.2) is 0 Å². The topological polar surface area (TPSA) is 4.93 Å². The molecule has 0 aromatic carbocycles. The second-order valence-corrected chi connectivity index (χ2v) is 3.83. The fraction of sp³-hybridized carbons (Fsp3) is 0.333. The standard InChI is InChI=1S/C12H15N/c1-9(2)13-8-7-11-10(3)5-4-6-12(11)13/h4,6-9H,3,5H2,1-2H3. The van der Waals surface area contributed by atoms with Crippen molar-refractivity contribution in [2.24, 2.45) is 0 Å². The highest BCUT2D eigenvalue weighted by Crippen LogP contribution is 2.29. The van der Waals surface area contributed by atoms with E-state index in [1.165, 1.54) is 16.8 Å². The van der Waals surface area contributed by atoms with Crippen LogP contribution in [0.2, 0.25) is 0 Å². The van der Waals surface area contributed by atoms with Crippen molar-refractivity contribution in [2.75, 3.05) is 0 Å². The highest BCUT2D eigenvalue weighted by molar-refractivity contribution is 5.76. The fourth-order valence-electron chi connectivity index (χ4n) is 1.81. The normalized spacial score (nSPS) is 15.2. The van der Waals surface area contributed by atoms with Gasteiger partial charge in [0.05, 0.1) is 0 Å². The second kappa shape index (κ2) is 2.91. The van der Waals surface area contributed by atoms with Crippen LogP contribution < -0.4 is 0 Å². The Kier molecular flexibility index (Phi) is 1.87. The van der Waals surface area contributed by atoms with Crippen LogP contribution in [0.5, 0.6) is 0 Å². The number of rotatable bonds is 1. The highest BCUT2D eigenvalue weighted by Gasteiger charge is 2.13. The molecule has 0 amide bonds. The van der Waals surface area contributed by atoms with Gasteiger partial charge in [0.15, 0.2) is 0 Å². The molecule has 1 heteroatoms. The molecular weight excluding hydrogens is 158 g/mol. The molecular formula is C12H15N. The molecule has 1 aliphatic carbocycles. The molecule has 0 N–H and O–H groups in total. The molecule has 2 rings (SSSR count). The Morgan fingerprint density at radius 3 is 2.92 bits per heavy atom. The fourth-order valence-corrected chi connectivity index (χ4v) is 1.81. The zero-order valence-corrected chi connectivity index (χ0v) is 8.25. The molecule has 1 aromatic rings. The number of aromatic nitrogens is 1. The lowest BCUT2D eigenvalue weighted by Gasteiger charge is -2.15. The van der Waals surface area contributed by atoms with Gasteiger partial charge in [-0.05, 0) is 38.0 Å². The van der Waals surface area contributed by atoms with Crippen molar-refractivity contribution < 1.29 is 0 Å². The second-order valence-electron chi connectivity index (χ2n) is 3.83. The zero-order valence-electron chi connectivity index (χ0n) is 8.25. The summed E-state index contributed by atoms with van der Waals surface area (Å²) in [5.74, 6) is 0. The van der Waals surface area contributed by atoms with Crippen molar-refractivity contribution >= 4 is 11.6 Å². The summed E-state index contributed by atoms with van der Waals surface area (Å²) in [6.07, 6.45) is 7.53. The third-order valence-corrected chi connectivity index (χ3v) is 2.53. The van der Waals surface area contributed by atoms with E-state index >= 15 is 0 Å². The van der Waals surface area contributed by atoms with E-state index in [2.05, 4.69) is 49.4 Å². The number of hydrogen-bond acceptors (Lipinski definition) is 0. The molecule has 0 saturated carbocycles. The first-order valence-electron chi connectivity index (χ1n) is 4.75. The van der Waals surface area contributed by atoms with Gasteiger partial charge in [0.2, 0.25) is 0 Å². The molecule has 1 heterocycles. The van der Waals surface area contributed by atoms with Crippen LogP contribution in [0.3, 0.4) is 0 Å². The molecule has 0 atom stereocenters. The SMILES string of the molecule is C=C1CC=Cc2c1ccn2C(C)C. The van der Waals surface area contributed by atoms with Crippen LogP contribution in [-0.4, -0.2) is 4.57 Å². The van der Waals surface area contributed by atoms with Crippen LogP contribution in [0.25, 0.3) is 11.6 Å². The zero-order chi connectivity index (χ0) is 9.42. The van der Waals surface area contributed by atoms with Crippen LogP contribution in [0.1, 0.15) is 37.6 Å². The van der Waals surface area contributed by atoms with Gasteiger partial charge in [0, 0.05) is 23.5 Å². The van der Waals surface area contributed by atoms with Gasteiger partial charge >= 0.3 is 0 Å². The summed E-state index contributed by atoms with van der Waals surface area (Å²) in [5.41, 5.74) is 3.86. The van der Waals surface area contributed by atoms with E-state index in [-0.39, 0.29) is 0 Å². The number of nitrogens with zero attached hydrogens (tertiary/aromatic N) is 1. The van der Waals surface area contributed by atoms with Gasteiger partial charge in [0.1, 0.15) is 0 Å². The van der Waals surface area contributed by atoms with E-state index in [9.17, 15) is 0 Å². The predicted molar refractivity (Wildman–Crippen MR) is 57.5 cm³/mol. The van der Waals surface area contributed by atoms with E-state index in [0.717, 1.165) is 6.42 Å². The maximum absolute atomic E-state index is 4.06. The minimum Gasteiger partial charge on any atom is -0.345 e. The third-order valence-electron chi connectivity index (χ3n) is 2.53. The van der Waals surface area contributed by atoms with Crippen LogP contribution in [-0.2, 0) is 0 Å². The molecule has 68 valence electrons. The Bertz CT molecular complexity index is 366. The third kappa shape index (κ3) is 1.24. The molecule has 1 aliphatic rings. The van der Waals surface area contributed by atoms with Crippen LogP contribution in [0.4, 0.5) is 0 Å². The minimum absolute atomic E-state index is 0.527.